The first kappa shape index (κ1) is 9.84. The van der Waals surface area contributed by atoms with Gasteiger partial charge in [-0.25, -0.2) is 4.79 Å². The van der Waals surface area contributed by atoms with Crippen molar-refractivity contribution >= 4 is 5.97 Å². The van der Waals surface area contributed by atoms with Crippen LogP contribution in [0.15, 0.2) is 24.5 Å². The molecule has 1 aromatic rings. The maximum atomic E-state index is 11.4. The molecule has 0 aliphatic rings. The van der Waals surface area contributed by atoms with Crippen LogP contribution in [0.3, 0.4) is 0 Å². The molecule has 0 aliphatic heterocycles. The van der Waals surface area contributed by atoms with Gasteiger partial charge in [-0.15, -0.1) is 0 Å². The number of carbonyl (C=O) groups is 1. The molecule has 0 fully saturated rings. The van der Waals surface area contributed by atoms with Gasteiger partial charge in [0.15, 0.2) is 0 Å². The lowest BCUT2D eigenvalue weighted by Crippen LogP contribution is -2.24. The van der Waals surface area contributed by atoms with Crippen molar-refractivity contribution in [1.29, 1.82) is 0 Å². The molecule has 0 radical (unpaired) electrons. The van der Waals surface area contributed by atoms with Crippen molar-refractivity contribution < 1.29 is 9.53 Å². The number of hydrogen-bond acceptors (Lipinski definition) is 2. The molecule has 13 heavy (non-hydrogen) atoms. The number of ether oxygens (including phenoxy) is 1. The van der Waals surface area contributed by atoms with Crippen LogP contribution in [-0.4, -0.2) is 17.6 Å². The summed E-state index contributed by atoms with van der Waals surface area (Å²) in [5, 5.41) is 0. The molecule has 3 heteroatoms. The largest absolute Gasteiger partial charge is 0.467 e. The van der Waals surface area contributed by atoms with E-state index in [-0.39, 0.29) is 17.9 Å². The molecular weight excluding hydrogens is 166 g/mol. The minimum atomic E-state index is -0.208. The molecule has 1 heterocycles. The summed E-state index contributed by atoms with van der Waals surface area (Å²) in [6, 6.07) is 3.59. The summed E-state index contributed by atoms with van der Waals surface area (Å²) in [7, 11) is 1.42. The Balaban J connectivity index is 2.87. The van der Waals surface area contributed by atoms with E-state index in [4.69, 9.17) is 4.74 Å². The summed E-state index contributed by atoms with van der Waals surface area (Å²) < 4.78 is 6.61. The molecule has 0 N–H and O–H groups in total. The average Bonchev–Trinajstić information content (AvgIpc) is 2.56. The number of esters is 1. The Morgan fingerprint density at radius 3 is 2.23 bits per heavy atom. The van der Waals surface area contributed by atoms with Gasteiger partial charge in [0.1, 0.15) is 6.04 Å². The van der Waals surface area contributed by atoms with Crippen molar-refractivity contribution in [3.63, 3.8) is 0 Å². The Labute approximate surface area is 78.3 Å². The van der Waals surface area contributed by atoms with Crippen LogP contribution in [0.5, 0.6) is 0 Å². The van der Waals surface area contributed by atoms with Gasteiger partial charge in [-0.1, -0.05) is 13.8 Å². The van der Waals surface area contributed by atoms with Gasteiger partial charge in [-0.05, 0) is 18.1 Å². The van der Waals surface area contributed by atoms with Crippen LogP contribution in [-0.2, 0) is 9.53 Å². The van der Waals surface area contributed by atoms with Crippen molar-refractivity contribution in [1.82, 2.24) is 4.57 Å². The van der Waals surface area contributed by atoms with Crippen molar-refractivity contribution in [3.8, 4) is 0 Å². The first-order chi connectivity index (χ1) is 6.16. The lowest BCUT2D eigenvalue weighted by molar-refractivity contribution is -0.146. The Morgan fingerprint density at radius 1 is 1.31 bits per heavy atom. The number of carbonyl (C=O) groups excluding carboxylic acids is 1. The summed E-state index contributed by atoms with van der Waals surface area (Å²) in [6.07, 6.45) is 3.75. The normalized spacial score (nSPS) is 12.9. The van der Waals surface area contributed by atoms with E-state index < -0.39 is 0 Å². The lowest BCUT2D eigenvalue weighted by Gasteiger charge is -2.19. The van der Waals surface area contributed by atoms with Crippen LogP contribution in [0, 0.1) is 5.92 Å². The minimum Gasteiger partial charge on any atom is -0.467 e. The smallest absolute Gasteiger partial charge is 0.329 e. The average molecular weight is 181 g/mol. The van der Waals surface area contributed by atoms with Crippen molar-refractivity contribution in [2.75, 3.05) is 7.11 Å². The maximum absolute atomic E-state index is 11.4. The molecule has 72 valence electrons. The Kier molecular flexibility index (Phi) is 3.12. The zero-order chi connectivity index (χ0) is 9.84. The van der Waals surface area contributed by atoms with E-state index in [2.05, 4.69) is 0 Å². The maximum Gasteiger partial charge on any atom is 0.329 e. The van der Waals surface area contributed by atoms with Gasteiger partial charge in [0.25, 0.3) is 0 Å². The fourth-order valence-electron chi connectivity index (χ4n) is 1.39. The fraction of sp³-hybridized carbons (Fsp3) is 0.500. The SMILES string of the molecule is COC(=O)[C@H](C(C)C)n1cccc1. The van der Waals surface area contributed by atoms with Gasteiger partial charge >= 0.3 is 5.97 Å². The highest BCUT2D eigenvalue weighted by atomic mass is 16.5. The van der Waals surface area contributed by atoms with Crippen LogP contribution < -0.4 is 0 Å². The molecule has 1 atom stereocenters. The predicted octanol–water partition coefficient (Wildman–Crippen LogP) is 1.86. The van der Waals surface area contributed by atoms with E-state index in [1.807, 2.05) is 42.9 Å². The molecule has 0 bridgehead atoms. The fourth-order valence-corrected chi connectivity index (χ4v) is 1.39. The van der Waals surface area contributed by atoms with Gasteiger partial charge in [-0.2, -0.15) is 0 Å². The van der Waals surface area contributed by atoms with E-state index in [9.17, 15) is 4.79 Å². The topological polar surface area (TPSA) is 31.2 Å². The highest BCUT2D eigenvalue weighted by Crippen LogP contribution is 2.18. The highest BCUT2D eigenvalue weighted by Gasteiger charge is 2.23. The third-order valence-electron chi connectivity index (χ3n) is 2.02. The van der Waals surface area contributed by atoms with Crippen LogP contribution >= 0.6 is 0 Å². The van der Waals surface area contributed by atoms with Crippen LogP contribution in [0.1, 0.15) is 19.9 Å². The van der Waals surface area contributed by atoms with E-state index >= 15 is 0 Å². The second kappa shape index (κ2) is 4.12. The lowest BCUT2D eigenvalue weighted by atomic mass is 10.0. The number of methoxy groups -OCH3 is 1. The van der Waals surface area contributed by atoms with Gasteiger partial charge < -0.3 is 9.30 Å². The monoisotopic (exact) mass is 181 g/mol. The summed E-state index contributed by atoms with van der Waals surface area (Å²) in [6.45, 7) is 4.00. The molecule has 0 amide bonds. The van der Waals surface area contributed by atoms with E-state index in [0.717, 1.165) is 0 Å². The first-order valence-electron chi connectivity index (χ1n) is 4.37. The Hall–Kier alpha value is -1.25. The van der Waals surface area contributed by atoms with Gasteiger partial charge in [-0.3, -0.25) is 0 Å². The third kappa shape index (κ3) is 2.11. The van der Waals surface area contributed by atoms with Crippen LogP contribution in [0.4, 0.5) is 0 Å². The molecule has 0 aromatic carbocycles. The van der Waals surface area contributed by atoms with E-state index in [1.54, 1.807) is 0 Å². The van der Waals surface area contributed by atoms with Crippen LogP contribution in [0.25, 0.3) is 0 Å². The molecule has 1 rings (SSSR count). The zero-order valence-electron chi connectivity index (χ0n) is 8.23. The standard InChI is InChI=1S/C10H15NO2/c1-8(2)9(10(12)13-3)11-6-4-5-7-11/h4-9H,1-3H3/t9-/m0/s1. The molecule has 0 saturated carbocycles. The molecule has 0 unspecified atom stereocenters. The number of hydrogen-bond donors (Lipinski definition) is 0. The van der Waals surface area contributed by atoms with Crippen molar-refractivity contribution in [2.24, 2.45) is 5.92 Å². The zero-order valence-corrected chi connectivity index (χ0v) is 8.23. The van der Waals surface area contributed by atoms with E-state index in [1.165, 1.54) is 7.11 Å². The van der Waals surface area contributed by atoms with Gasteiger partial charge in [0.05, 0.1) is 7.11 Å². The Bertz CT molecular complexity index is 264. The number of aromatic nitrogens is 1. The summed E-state index contributed by atoms with van der Waals surface area (Å²) in [4.78, 5) is 11.4. The molecule has 0 aliphatic carbocycles. The van der Waals surface area contributed by atoms with Crippen molar-refractivity contribution in [2.45, 2.75) is 19.9 Å². The minimum absolute atomic E-state index is 0.189. The highest BCUT2D eigenvalue weighted by molar-refractivity contribution is 5.74. The molecule has 0 spiro atoms. The molecule has 0 saturated heterocycles. The first-order valence-corrected chi connectivity index (χ1v) is 4.37. The Morgan fingerprint density at radius 2 is 1.85 bits per heavy atom. The van der Waals surface area contributed by atoms with Gasteiger partial charge in [0, 0.05) is 12.4 Å². The molecule has 3 nitrogen and oxygen atoms in total. The van der Waals surface area contributed by atoms with Crippen molar-refractivity contribution in [3.05, 3.63) is 24.5 Å². The number of nitrogens with zero attached hydrogens (tertiary/aromatic N) is 1. The molecular formula is C10H15NO2. The third-order valence-corrected chi connectivity index (χ3v) is 2.02. The van der Waals surface area contributed by atoms with E-state index in [0.29, 0.717) is 0 Å². The summed E-state index contributed by atoms with van der Waals surface area (Å²) >= 11 is 0. The predicted molar refractivity (Wildman–Crippen MR) is 50.3 cm³/mol. The second-order valence-corrected chi connectivity index (χ2v) is 3.34. The molecule has 1 aromatic heterocycles. The van der Waals surface area contributed by atoms with Gasteiger partial charge in [0.2, 0.25) is 0 Å². The number of rotatable bonds is 3. The van der Waals surface area contributed by atoms with Crippen LogP contribution in [0.2, 0.25) is 0 Å². The quantitative estimate of drug-likeness (QED) is 0.666. The summed E-state index contributed by atoms with van der Waals surface area (Å²) in [5.41, 5.74) is 0. The second-order valence-electron chi connectivity index (χ2n) is 3.34. The summed E-state index contributed by atoms with van der Waals surface area (Å²) in [5.74, 6) is 0.0473.